The summed E-state index contributed by atoms with van der Waals surface area (Å²) in [7, 11) is 5.94. The number of hydrogen-bond acceptors (Lipinski definition) is 3. The van der Waals surface area contributed by atoms with E-state index in [0.29, 0.717) is 0 Å². The van der Waals surface area contributed by atoms with E-state index < -0.39 is 0 Å². The lowest BCUT2D eigenvalue weighted by Crippen LogP contribution is -2.41. The average molecular weight is 261 g/mol. The highest BCUT2D eigenvalue weighted by molar-refractivity contribution is 5.84. The van der Waals surface area contributed by atoms with Crippen molar-refractivity contribution in [1.82, 2.24) is 15.1 Å². The van der Waals surface area contributed by atoms with Crippen LogP contribution in [0.4, 0.5) is 0 Å². The number of fused-ring (bicyclic) bond motifs is 1. The van der Waals surface area contributed by atoms with Crippen LogP contribution in [0.3, 0.4) is 0 Å². The van der Waals surface area contributed by atoms with Gasteiger partial charge in [0.05, 0.1) is 5.92 Å². The SMILES string of the molecule is CN(C)CCN(C)C(=O)C1CNCc2ccccc21. The van der Waals surface area contributed by atoms with E-state index in [0.717, 1.165) is 26.2 Å². The number of nitrogens with one attached hydrogen (secondary N) is 1. The fourth-order valence-corrected chi connectivity index (χ4v) is 2.44. The molecule has 1 aromatic rings. The van der Waals surface area contributed by atoms with E-state index in [-0.39, 0.29) is 11.8 Å². The van der Waals surface area contributed by atoms with Gasteiger partial charge in [0.25, 0.3) is 0 Å². The third-order valence-corrected chi connectivity index (χ3v) is 3.65. The lowest BCUT2D eigenvalue weighted by Gasteiger charge is -2.29. The third-order valence-electron chi connectivity index (χ3n) is 3.65. The smallest absolute Gasteiger partial charge is 0.231 e. The van der Waals surface area contributed by atoms with Gasteiger partial charge in [0.1, 0.15) is 0 Å². The molecule has 104 valence electrons. The first-order chi connectivity index (χ1) is 9.09. The van der Waals surface area contributed by atoms with Crippen LogP contribution >= 0.6 is 0 Å². The monoisotopic (exact) mass is 261 g/mol. The normalized spacial score (nSPS) is 18.2. The number of benzene rings is 1. The second kappa shape index (κ2) is 6.17. The molecule has 0 radical (unpaired) electrons. The van der Waals surface area contributed by atoms with Crippen molar-refractivity contribution in [3.05, 3.63) is 35.4 Å². The summed E-state index contributed by atoms with van der Waals surface area (Å²) in [5.74, 6) is 0.165. The highest BCUT2D eigenvalue weighted by Gasteiger charge is 2.28. The molecule has 1 aromatic carbocycles. The van der Waals surface area contributed by atoms with Crippen LogP contribution in [0.25, 0.3) is 0 Å². The molecule has 1 aliphatic rings. The number of nitrogens with zero attached hydrogens (tertiary/aromatic N) is 2. The molecule has 0 spiro atoms. The molecule has 0 aromatic heterocycles. The van der Waals surface area contributed by atoms with E-state index in [1.165, 1.54) is 11.1 Å². The molecule has 0 aliphatic carbocycles. The molecule has 4 nitrogen and oxygen atoms in total. The van der Waals surface area contributed by atoms with Gasteiger partial charge in [-0.05, 0) is 25.2 Å². The molecule has 1 amide bonds. The molecule has 1 aliphatic heterocycles. The van der Waals surface area contributed by atoms with Crippen molar-refractivity contribution in [3.8, 4) is 0 Å². The lowest BCUT2D eigenvalue weighted by molar-refractivity contribution is -0.131. The van der Waals surface area contributed by atoms with Gasteiger partial charge in [-0.1, -0.05) is 24.3 Å². The van der Waals surface area contributed by atoms with Crippen LogP contribution in [0.1, 0.15) is 17.0 Å². The van der Waals surface area contributed by atoms with Gasteiger partial charge in [0, 0.05) is 33.2 Å². The summed E-state index contributed by atoms with van der Waals surface area (Å²) in [6.45, 7) is 3.26. The van der Waals surface area contributed by atoms with Gasteiger partial charge in [-0.2, -0.15) is 0 Å². The van der Waals surface area contributed by atoms with Crippen molar-refractivity contribution in [3.63, 3.8) is 0 Å². The number of carbonyl (C=O) groups excluding carboxylic acids is 1. The molecular weight excluding hydrogens is 238 g/mol. The minimum absolute atomic E-state index is 0.0443. The number of hydrogen-bond donors (Lipinski definition) is 1. The van der Waals surface area contributed by atoms with Gasteiger partial charge >= 0.3 is 0 Å². The van der Waals surface area contributed by atoms with Gasteiger partial charge in [0.2, 0.25) is 5.91 Å². The van der Waals surface area contributed by atoms with E-state index in [9.17, 15) is 4.79 Å². The Balaban J connectivity index is 2.08. The summed E-state index contributed by atoms with van der Waals surface area (Å²) in [6, 6.07) is 8.23. The first-order valence-corrected chi connectivity index (χ1v) is 6.78. The van der Waals surface area contributed by atoms with Gasteiger partial charge in [-0.25, -0.2) is 0 Å². The minimum atomic E-state index is -0.0443. The first-order valence-electron chi connectivity index (χ1n) is 6.78. The zero-order valence-corrected chi connectivity index (χ0v) is 12.0. The summed E-state index contributed by atoms with van der Waals surface area (Å²) < 4.78 is 0. The Labute approximate surface area is 115 Å². The van der Waals surface area contributed by atoms with Gasteiger partial charge in [-0.3, -0.25) is 4.79 Å². The van der Waals surface area contributed by atoms with Crippen LogP contribution in [0.2, 0.25) is 0 Å². The Bertz CT molecular complexity index is 445. The summed E-state index contributed by atoms with van der Waals surface area (Å²) in [5.41, 5.74) is 2.43. The highest BCUT2D eigenvalue weighted by Crippen LogP contribution is 2.25. The van der Waals surface area contributed by atoms with E-state index in [1.54, 1.807) is 0 Å². The van der Waals surface area contributed by atoms with Crippen molar-refractivity contribution in [2.45, 2.75) is 12.5 Å². The molecule has 1 atom stereocenters. The zero-order chi connectivity index (χ0) is 13.8. The third kappa shape index (κ3) is 3.33. The molecule has 1 N–H and O–H groups in total. The topological polar surface area (TPSA) is 35.6 Å². The van der Waals surface area contributed by atoms with Gasteiger partial charge in [0.15, 0.2) is 0 Å². The number of amides is 1. The Kier molecular flexibility index (Phi) is 4.56. The molecule has 0 fully saturated rings. The van der Waals surface area contributed by atoms with Crippen molar-refractivity contribution in [2.24, 2.45) is 0 Å². The fraction of sp³-hybridized carbons (Fsp3) is 0.533. The Hall–Kier alpha value is -1.39. The van der Waals surface area contributed by atoms with E-state index in [2.05, 4.69) is 22.3 Å². The lowest BCUT2D eigenvalue weighted by atomic mass is 9.90. The average Bonchev–Trinajstić information content (AvgIpc) is 2.43. The predicted octanol–water partition coefficient (Wildman–Crippen LogP) is 0.893. The van der Waals surface area contributed by atoms with Crippen LogP contribution in [0.15, 0.2) is 24.3 Å². The van der Waals surface area contributed by atoms with Crippen molar-refractivity contribution >= 4 is 5.91 Å². The van der Waals surface area contributed by atoms with Crippen LogP contribution in [0, 0.1) is 0 Å². The van der Waals surface area contributed by atoms with Crippen LogP contribution < -0.4 is 5.32 Å². The van der Waals surface area contributed by atoms with E-state index >= 15 is 0 Å². The number of rotatable bonds is 4. The Morgan fingerprint density at radius 1 is 1.26 bits per heavy atom. The summed E-state index contributed by atoms with van der Waals surface area (Å²) in [6.07, 6.45) is 0. The van der Waals surface area contributed by atoms with Gasteiger partial charge < -0.3 is 15.1 Å². The maximum Gasteiger partial charge on any atom is 0.231 e. The summed E-state index contributed by atoms with van der Waals surface area (Å²) in [4.78, 5) is 16.5. The van der Waals surface area contributed by atoms with E-state index in [4.69, 9.17) is 0 Å². The predicted molar refractivity (Wildman–Crippen MR) is 77.1 cm³/mol. The summed E-state index contributed by atoms with van der Waals surface area (Å²) >= 11 is 0. The largest absolute Gasteiger partial charge is 0.344 e. The van der Waals surface area contributed by atoms with Crippen molar-refractivity contribution < 1.29 is 4.79 Å². The molecule has 1 unspecified atom stereocenters. The Morgan fingerprint density at radius 2 is 2.00 bits per heavy atom. The molecule has 1 heterocycles. The summed E-state index contributed by atoms with van der Waals surface area (Å²) in [5, 5.41) is 3.33. The minimum Gasteiger partial charge on any atom is -0.344 e. The molecular formula is C15H23N3O. The van der Waals surface area contributed by atoms with Crippen LogP contribution in [-0.4, -0.2) is 56.5 Å². The number of carbonyl (C=O) groups is 1. The molecule has 4 heteroatoms. The highest BCUT2D eigenvalue weighted by atomic mass is 16.2. The van der Waals surface area contributed by atoms with Crippen LogP contribution in [0.5, 0.6) is 0 Å². The first kappa shape index (κ1) is 14.0. The maximum atomic E-state index is 12.5. The second-order valence-electron chi connectivity index (χ2n) is 5.45. The second-order valence-corrected chi connectivity index (χ2v) is 5.45. The number of likely N-dealkylation sites (N-methyl/N-ethyl adjacent to an activating group) is 2. The van der Waals surface area contributed by atoms with Crippen molar-refractivity contribution in [2.75, 3.05) is 40.8 Å². The van der Waals surface area contributed by atoms with Gasteiger partial charge in [-0.15, -0.1) is 0 Å². The standard InChI is InChI=1S/C15H23N3O/c1-17(2)8-9-18(3)15(19)14-11-16-10-12-6-4-5-7-13(12)14/h4-7,14,16H,8-11H2,1-3H3. The quantitative estimate of drug-likeness (QED) is 0.874. The zero-order valence-electron chi connectivity index (χ0n) is 12.0. The van der Waals surface area contributed by atoms with Crippen molar-refractivity contribution in [1.29, 1.82) is 0 Å². The molecule has 0 saturated heterocycles. The van der Waals surface area contributed by atoms with E-state index in [1.807, 2.05) is 38.2 Å². The maximum absolute atomic E-state index is 12.5. The van der Waals surface area contributed by atoms with Crippen LogP contribution in [-0.2, 0) is 11.3 Å². The fourth-order valence-electron chi connectivity index (χ4n) is 2.44. The molecule has 0 saturated carbocycles. The molecule has 0 bridgehead atoms. The molecule has 2 rings (SSSR count). The molecule has 19 heavy (non-hydrogen) atoms. The Morgan fingerprint density at radius 3 is 2.74 bits per heavy atom.